The SMILES string of the molecule is CCN(C(=O)c1cc(Cl)c(Oc2ccc3c(=O)n(C)cnc3c2)c(Cl)c1)[C@H](C)C(=O)O. The Labute approximate surface area is 187 Å². The van der Waals surface area contributed by atoms with Gasteiger partial charge in [0.1, 0.15) is 11.8 Å². The van der Waals surface area contributed by atoms with E-state index in [0.717, 1.165) is 0 Å². The number of nitrogens with zero attached hydrogens (tertiary/aromatic N) is 3. The van der Waals surface area contributed by atoms with Gasteiger partial charge in [-0.05, 0) is 38.1 Å². The number of carbonyl (C=O) groups is 2. The van der Waals surface area contributed by atoms with E-state index in [1.807, 2.05) is 0 Å². The second-order valence-electron chi connectivity index (χ2n) is 6.82. The van der Waals surface area contributed by atoms with Crippen molar-refractivity contribution in [3.63, 3.8) is 0 Å². The van der Waals surface area contributed by atoms with Gasteiger partial charge in [-0.2, -0.15) is 0 Å². The Hall–Kier alpha value is -3.10. The molecule has 2 aromatic carbocycles. The third-order valence-electron chi connectivity index (χ3n) is 4.78. The van der Waals surface area contributed by atoms with Crippen LogP contribution in [0, 0.1) is 0 Å². The first-order chi connectivity index (χ1) is 14.6. The topological polar surface area (TPSA) is 102 Å². The van der Waals surface area contributed by atoms with E-state index in [0.29, 0.717) is 16.7 Å². The Balaban J connectivity index is 1.93. The number of aliphatic carboxylic acids is 1. The van der Waals surface area contributed by atoms with E-state index in [1.54, 1.807) is 32.2 Å². The van der Waals surface area contributed by atoms with Crippen LogP contribution in [0.2, 0.25) is 10.0 Å². The van der Waals surface area contributed by atoms with Crippen molar-refractivity contribution in [1.82, 2.24) is 14.5 Å². The summed E-state index contributed by atoms with van der Waals surface area (Å²) < 4.78 is 7.17. The molecular formula is C21H19Cl2N3O5. The monoisotopic (exact) mass is 463 g/mol. The van der Waals surface area contributed by atoms with Crippen LogP contribution in [0.3, 0.4) is 0 Å². The summed E-state index contributed by atoms with van der Waals surface area (Å²) >= 11 is 12.6. The van der Waals surface area contributed by atoms with Gasteiger partial charge in [0.05, 0.1) is 27.3 Å². The van der Waals surface area contributed by atoms with E-state index < -0.39 is 17.9 Å². The van der Waals surface area contributed by atoms with Gasteiger partial charge in [0.25, 0.3) is 11.5 Å². The molecule has 1 N–H and O–H groups in total. The number of hydrogen-bond acceptors (Lipinski definition) is 5. The molecule has 0 bridgehead atoms. The highest BCUT2D eigenvalue weighted by atomic mass is 35.5. The highest BCUT2D eigenvalue weighted by Gasteiger charge is 2.26. The Kier molecular flexibility index (Phi) is 6.52. The molecule has 1 amide bonds. The van der Waals surface area contributed by atoms with Crippen molar-refractivity contribution < 1.29 is 19.4 Å². The van der Waals surface area contributed by atoms with Crippen LogP contribution in [0.1, 0.15) is 24.2 Å². The van der Waals surface area contributed by atoms with Crippen molar-refractivity contribution in [2.45, 2.75) is 19.9 Å². The molecule has 0 aliphatic carbocycles. The average Bonchev–Trinajstić information content (AvgIpc) is 2.73. The van der Waals surface area contributed by atoms with Gasteiger partial charge >= 0.3 is 5.97 Å². The number of carboxylic acids is 1. The van der Waals surface area contributed by atoms with Gasteiger partial charge in [-0.1, -0.05) is 23.2 Å². The standard InChI is InChI=1S/C21H19Cl2N3O5/c1-4-26(11(2)21(29)30)19(27)12-7-15(22)18(16(23)8-12)31-13-5-6-14-17(9-13)24-10-25(3)20(14)28/h5-11H,4H2,1-3H3,(H,29,30)/t11-/m1/s1. The van der Waals surface area contributed by atoms with Crippen LogP contribution in [0.4, 0.5) is 0 Å². The van der Waals surface area contributed by atoms with Gasteiger partial charge in [-0.25, -0.2) is 9.78 Å². The smallest absolute Gasteiger partial charge is 0.326 e. The van der Waals surface area contributed by atoms with Crippen LogP contribution < -0.4 is 10.3 Å². The molecule has 0 radical (unpaired) electrons. The zero-order valence-electron chi connectivity index (χ0n) is 16.9. The largest absolute Gasteiger partial charge is 0.480 e. The number of carbonyl (C=O) groups excluding carboxylic acids is 1. The molecule has 0 saturated heterocycles. The van der Waals surface area contributed by atoms with Crippen molar-refractivity contribution in [2.24, 2.45) is 7.05 Å². The van der Waals surface area contributed by atoms with E-state index in [9.17, 15) is 19.5 Å². The fourth-order valence-electron chi connectivity index (χ4n) is 3.05. The molecular weight excluding hydrogens is 445 g/mol. The van der Waals surface area contributed by atoms with Gasteiger partial charge in [0, 0.05) is 25.2 Å². The molecule has 0 aliphatic rings. The number of likely N-dealkylation sites (N-methyl/N-ethyl adjacent to an activating group) is 1. The number of aryl methyl sites for hydroxylation is 1. The summed E-state index contributed by atoms with van der Waals surface area (Å²) in [6.07, 6.45) is 1.41. The molecule has 3 rings (SSSR count). The number of halogens is 2. The molecule has 31 heavy (non-hydrogen) atoms. The molecule has 0 fully saturated rings. The van der Waals surface area contributed by atoms with E-state index >= 15 is 0 Å². The molecule has 0 spiro atoms. The summed E-state index contributed by atoms with van der Waals surface area (Å²) in [6, 6.07) is 6.49. The lowest BCUT2D eigenvalue weighted by atomic mass is 10.1. The molecule has 0 unspecified atom stereocenters. The Morgan fingerprint density at radius 3 is 2.45 bits per heavy atom. The number of aromatic nitrogens is 2. The maximum absolute atomic E-state index is 12.8. The molecule has 10 heteroatoms. The first-order valence-electron chi connectivity index (χ1n) is 9.30. The van der Waals surface area contributed by atoms with Crippen LogP contribution in [-0.4, -0.2) is 44.0 Å². The zero-order chi connectivity index (χ0) is 22.9. The van der Waals surface area contributed by atoms with Gasteiger partial charge in [0.15, 0.2) is 5.75 Å². The van der Waals surface area contributed by atoms with Crippen molar-refractivity contribution in [3.05, 3.63) is 62.6 Å². The Morgan fingerprint density at radius 1 is 1.23 bits per heavy atom. The number of ether oxygens (including phenoxy) is 1. The molecule has 0 saturated carbocycles. The van der Waals surface area contributed by atoms with Gasteiger partial charge in [0.2, 0.25) is 0 Å². The quantitative estimate of drug-likeness (QED) is 0.593. The van der Waals surface area contributed by atoms with E-state index in [-0.39, 0.29) is 33.5 Å². The molecule has 1 aromatic heterocycles. The Morgan fingerprint density at radius 2 is 1.87 bits per heavy atom. The molecule has 0 aliphatic heterocycles. The van der Waals surface area contributed by atoms with Crippen LogP contribution in [0.15, 0.2) is 41.5 Å². The molecule has 8 nitrogen and oxygen atoms in total. The van der Waals surface area contributed by atoms with E-state index in [2.05, 4.69) is 4.98 Å². The summed E-state index contributed by atoms with van der Waals surface area (Å²) in [7, 11) is 1.61. The summed E-state index contributed by atoms with van der Waals surface area (Å²) in [5.74, 6) is -1.16. The normalized spacial score (nSPS) is 11.9. The minimum atomic E-state index is -1.12. The lowest BCUT2D eigenvalue weighted by Crippen LogP contribution is -2.43. The molecule has 1 heterocycles. The second kappa shape index (κ2) is 8.95. The van der Waals surface area contributed by atoms with Gasteiger partial charge in [-0.15, -0.1) is 0 Å². The third-order valence-corrected chi connectivity index (χ3v) is 5.34. The lowest BCUT2D eigenvalue weighted by Gasteiger charge is -2.25. The molecule has 162 valence electrons. The summed E-state index contributed by atoms with van der Waals surface area (Å²) in [4.78, 5) is 41.6. The summed E-state index contributed by atoms with van der Waals surface area (Å²) in [6.45, 7) is 3.30. The molecule has 1 atom stereocenters. The lowest BCUT2D eigenvalue weighted by molar-refractivity contribution is -0.141. The van der Waals surface area contributed by atoms with Crippen molar-refractivity contribution >= 4 is 46.0 Å². The van der Waals surface area contributed by atoms with Gasteiger partial charge < -0.3 is 19.3 Å². The van der Waals surface area contributed by atoms with Crippen molar-refractivity contribution in [3.8, 4) is 11.5 Å². The van der Waals surface area contributed by atoms with E-state index in [1.165, 1.54) is 34.9 Å². The Bertz CT molecular complexity index is 1220. The highest BCUT2D eigenvalue weighted by molar-refractivity contribution is 6.37. The number of carboxylic acid groups (broad SMARTS) is 1. The van der Waals surface area contributed by atoms with Crippen LogP contribution >= 0.6 is 23.2 Å². The number of hydrogen-bond donors (Lipinski definition) is 1. The summed E-state index contributed by atoms with van der Waals surface area (Å²) in [5.41, 5.74) is 0.397. The number of benzene rings is 2. The first-order valence-corrected chi connectivity index (χ1v) is 10.1. The maximum atomic E-state index is 12.8. The van der Waals surface area contributed by atoms with E-state index in [4.69, 9.17) is 27.9 Å². The predicted molar refractivity (Wildman–Crippen MR) is 117 cm³/mol. The maximum Gasteiger partial charge on any atom is 0.326 e. The fourth-order valence-corrected chi connectivity index (χ4v) is 3.61. The number of amides is 1. The van der Waals surface area contributed by atoms with Crippen LogP contribution in [0.5, 0.6) is 11.5 Å². The predicted octanol–water partition coefficient (Wildman–Crippen LogP) is 3.97. The zero-order valence-corrected chi connectivity index (χ0v) is 18.4. The second-order valence-corrected chi connectivity index (χ2v) is 7.63. The number of fused-ring (bicyclic) bond motifs is 1. The van der Waals surface area contributed by atoms with Crippen molar-refractivity contribution in [2.75, 3.05) is 6.54 Å². The van der Waals surface area contributed by atoms with Crippen LogP contribution in [-0.2, 0) is 11.8 Å². The minimum Gasteiger partial charge on any atom is -0.480 e. The molecule has 3 aromatic rings. The van der Waals surface area contributed by atoms with Crippen LogP contribution in [0.25, 0.3) is 10.9 Å². The fraction of sp³-hybridized carbons (Fsp3) is 0.238. The minimum absolute atomic E-state index is 0.0758. The number of rotatable bonds is 6. The summed E-state index contributed by atoms with van der Waals surface area (Å²) in [5, 5.41) is 9.80. The third kappa shape index (κ3) is 4.50. The first kappa shape index (κ1) is 22.6. The average molecular weight is 464 g/mol. The van der Waals surface area contributed by atoms with Gasteiger partial charge in [-0.3, -0.25) is 9.59 Å². The highest BCUT2D eigenvalue weighted by Crippen LogP contribution is 2.38. The van der Waals surface area contributed by atoms with Crippen molar-refractivity contribution in [1.29, 1.82) is 0 Å².